The molecule has 0 atom stereocenters. The number of aromatic nitrogens is 4. The fourth-order valence-electron chi connectivity index (χ4n) is 9.58. The first-order chi connectivity index (χ1) is 29.8. The van der Waals surface area contributed by atoms with Crippen LogP contribution in [0, 0.1) is 6.07 Å². The van der Waals surface area contributed by atoms with E-state index in [0.29, 0.717) is 0 Å². The van der Waals surface area contributed by atoms with Gasteiger partial charge in [0.15, 0.2) is 0 Å². The topological polar surface area (TPSA) is 48.1 Å². The molecule has 61 heavy (non-hydrogen) atoms. The molecule has 0 radical (unpaired) electrons. The van der Waals surface area contributed by atoms with Crippen molar-refractivity contribution in [3.8, 4) is 28.2 Å². The number of benzene rings is 8. The third-order valence-corrected chi connectivity index (χ3v) is 12.1. The van der Waals surface area contributed by atoms with Gasteiger partial charge in [-0.15, -0.1) is 34.8 Å². The van der Waals surface area contributed by atoms with Crippen molar-refractivity contribution in [3.63, 3.8) is 0 Å². The second kappa shape index (κ2) is 14.7. The molecule has 3 aromatic heterocycles. The minimum absolute atomic E-state index is 0. The number of para-hydroxylation sites is 5. The molecule has 0 spiro atoms. The van der Waals surface area contributed by atoms with Crippen LogP contribution in [-0.2, 0) is 26.5 Å². The molecule has 4 heterocycles. The number of rotatable bonds is 6. The molecule has 0 bridgehead atoms. The molecule has 1 aliphatic rings. The van der Waals surface area contributed by atoms with Gasteiger partial charge in [-0.2, -0.15) is 0 Å². The summed E-state index contributed by atoms with van der Waals surface area (Å²) in [5.41, 5.74) is 13.8. The van der Waals surface area contributed by atoms with Crippen molar-refractivity contribution in [2.75, 3.05) is 4.90 Å². The molecular formula is C55H35N5Pt. The summed E-state index contributed by atoms with van der Waals surface area (Å²) in [6, 6.07) is 76.9. The monoisotopic (exact) mass is 960 g/mol. The van der Waals surface area contributed by atoms with Gasteiger partial charge in [-0.1, -0.05) is 169 Å². The maximum atomic E-state index is 5.58. The van der Waals surface area contributed by atoms with E-state index in [9.17, 15) is 0 Å². The summed E-state index contributed by atoms with van der Waals surface area (Å²) in [5.74, 6) is 1.66. The Hall–Kier alpha value is -7.33. The zero-order valence-electron chi connectivity index (χ0n) is 32.8. The SMILES string of the molecule is [Pt+2].[c-]1c(-c2cccc3c2nc(-c2cccc4c2[n-]c2ccccc24)n3-c2ccccc2)ccc2c1N(c1ccccn1)c1ccccc1C2(c1ccccc1)c1ccccc1. The van der Waals surface area contributed by atoms with E-state index in [1.54, 1.807) is 0 Å². The normalized spacial score (nSPS) is 12.9. The molecule has 5 nitrogen and oxygen atoms in total. The standard InChI is InChI=1S/C55H35N5.Pt/c1-4-18-38(19-5-1)55(39-20-6-2-7-21-39)45-28-11-13-30-48(45)60(51-32-14-15-35-56-51)50-36-37(33-34-46(50)55)41-25-17-31-49-53(41)58-54(59(49)40-22-8-3-9-23-40)44-27-16-26-43-42-24-10-12-29-47(42)57-52(43)44;/h1-35H;/q-2;+2. The number of imidazole rings is 1. The zero-order chi connectivity index (χ0) is 39.6. The minimum Gasteiger partial charge on any atom is -0.656 e. The fourth-order valence-corrected chi connectivity index (χ4v) is 9.58. The van der Waals surface area contributed by atoms with Gasteiger partial charge in [-0.25, -0.2) is 9.97 Å². The molecule has 0 saturated carbocycles. The van der Waals surface area contributed by atoms with Crippen molar-refractivity contribution >= 4 is 50.0 Å². The maximum Gasteiger partial charge on any atom is 2.00 e. The van der Waals surface area contributed by atoms with Crippen molar-refractivity contribution in [2.24, 2.45) is 0 Å². The van der Waals surface area contributed by atoms with E-state index < -0.39 is 5.41 Å². The Balaban J connectivity index is 0.00000420. The van der Waals surface area contributed by atoms with Gasteiger partial charge in [0, 0.05) is 28.6 Å². The van der Waals surface area contributed by atoms with E-state index in [0.717, 1.165) is 83.8 Å². The number of pyridine rings is 1. The molecule has 8 aromatic carbocycles. The van der Waals surface area contributed by atoms with E-state index in [-0.39, 0.29) is 21.1 Å². The van der Waals surface area contributed by atoms with Crippen LogP contribution in [0.2, 0.25) is 0 Å². The number of hydrogen-bond donors (Lipinski definition) is 0. The van der Waals surface area contributed by atoms with Crippen molar-refractivity contribution in [3.05, 3.63) is 241 Å². The minimum atomic E-state index is -0.641. The van der Waals surface area contributed by atoms with Gasteiger partial charge in [-0.05, 0) is 69.5 Å². The van der Waals surface area contributed by atoms with Gasteiger partial charge in [0.05, 0.1) is 11.0 Å². The van der Waals surface area contributed by atoms with Crippen LogP contribution in [0.5, 0.6) is 0 Å². The summed E-state index contributed by atoms with van der Waals surface area (Å²) in [5, 5.41) is 2.26. The van der Waals surface area contributed by atoms with Crippen LogP contribution in [0.1, 0.15) is 22.3 Å². The summed E-state index contributed by atoms with van der Waals surface area (Å²) in [6.45, 7) is 0. The Morgan fingerprint density at radius 2 is 1.18 bits per heavy atom. The average molecular weight is 961 g/mol. The summed E-state index contributed by atoms with van der Waals surface area (Å²) in [7, 11) is 0. The third-order valence-electron chi connectivity index (χ3n) is 12.1. The molecule has 12 rings (SSSR count). The quantitative estimate of drug-likeness (QED) is 0.156. The molecule has 0 N–H and O–H groups in total. The number of nitrogens with zero attached hydrogens (tertiary/aromatic N) is 5. The molecule has 0 aliphatic carbocycles. The first kappa shape index (κ1) is 36.7. The van der Waals surface area contributed by atoms with Gasteiger partial charge >= 0.3 is 21.1 Å². The van der Waals surface area contributed by atoms with Crippen LogP contribution in [0.4, 0.5) is 17.2 Å². The summed E-state index contributed by atoms with van der Waals surface area (Å²) in [6.07, 6.45) is 1.86. The van der Waals surface area contributed by atoms with Gasteiger partial charge < -0.3 is 9.88 Å². The molecular weight excluding hydrogens is 926 g/mol. The summed E-state index contributed by atoms with van der Waals surface area (Å²) < 4.78 is 2.28. The van der Waals surface area contributed by atoms with Crippen LogP contribution < -0.4 is 9.88 Å². The fraction of sp³-hybridized carbons (Fsp3) is 0.0182. The Kier molecular flexibility index (Phi) is 8.87. The number of hydrogen-bond acceptors (Lipinski definition) is 3. The number of fused-ring (bicyclic) bond motifs is 6. The molecule has 0 amide bonds. The molecule has 290 valence electrons. The Bertz CT molecular complexity index is 3340. The van der Waals surface area contributed by atoms with Crippen LogP contribution in [0.15, 0.2) is 212 Å². The van der Waals surface area contributed by atoms with Crippen LogP contribution in [-0.4, -0.2) is 14.5 Å². The summed E-state index contributed by atoms with van der Waals surface area (Å²) >= 11 is 0. The van der Waals surface area contributed by atoms with Gasteiger partial charge in [0.2, 0.25) is 0 Å². The average Bonchev–Trinajstić information content (AvgIpc) is 3.91. The van der Waals surface area contributed by atoms with E-state index in [2.05, 4.69) is 204 Å². The van der Waals surface area contributed by atoms with Crippen LogP contribution in [0.3, 0.4) is 0 Å². The van der Waals surface area contributed by atoms with Crippen molar-refractivity contribution < 1.29 is 21.1 Å². The van der Waals surface area contributed by atoms with Crippen molar-refractivity contribution in [1.29, 1.82) is 0 Å². The molecule has 6 heteroatoms. The Morgan fingerprint density at radius 1 is 0.525 bits per heavy atom. The van der Waals surface area contributed by atoms with Crippen LogP contribution >= 0.6 is 0 Å². The maximum absolute atomic E-state index is 5.58. The second-order valence-electron chi connectivity index (χ2n) is 15.3. The van der Waals surface area contributed by atoms with E-state index in [4.69, 9.17) is 15.0 Å². The third kappa shape index (κ3) is 5.58. The molecule has 0 fully saturated rings. The van der Waals surface area contributed by atoms with E-state index >= 15 is 0 Å². The van der Waals surface area contributed by atoms with E-state index in [1.165, 1.54) is 16.7 Å². The van der Waals surface area contributed by atoms with Crippen LogP contribution in [0.25, 0.3) is 61.0 Å². The van der Waals surface area contributed by atoms with Crippen molar-refractivity contribution in [1.82, 2.24) is 19.5 Å². The zero-order valence-corrected chi connectivity index (χ0v) is 35.0. The largest absolute Gasteiger partial charge is 2.00 e. The molecule has 11 aromatic rings. The molecule has 0 saturated heterocycles. The van der Waals surface area contributed by atoms with E-state index in [1.807, 2.05) is 24.4 Å². The predicted molar refractivity (Wildman–Crippen MR) is 243 cm³/mol. The first-order valence-electron chi connectivity index (χ1n) is 20.3. The predicted octanol–water partition coefficient (Wildman–Crippen LogP) is 13.0. The van der Waals surface area contributed by atoms with Gasteiger partial charge in [0.1, 0.15) is 11.6 Å². The van der Waals surface area contributed by atoms with Gasteiger partial charge in [0.25, 0.3) is 0 Å². The first-order valence-corrected chi connectivity index (χ1v) is 20.3. The Labute approximate surface area is 367 Å². The Morgan fingerprint density at radius 3 is 1.95 bits per heavy atom. The van der Waals surface area contributed by atoms with Gasteiger partial charge in [-0.3, -0.25) is 4.57 Å². The van der Waals surface area contributed by atoms with Crippen molar-refractivity contribution in [2.45, 2.75) is 5.41 Å². The molecule has 1 aliphatic heterocycles. The molecule has 0 unspecified atom stereocenters. The smallest absolute Gasteiger partial charge is 0.656 e. The second-order valence-corrected chi connectivity index (χ2v) is 15.3. The summed E-state index contributed by atoms with van der Waals surface area (Å²) in [4.78, 5) is 18.0. The number of anilines is 3.